The van der Waals surface area contributed by atoms with Crippen molar-refractivity contribution in [2.75, 3.05) is 11.9 Å². The molecule has 0 spiro atoms. The number of rotatable bonds is 5. The molecule has 0 unspecified atom stereocenters. The number of aromatic nitrogens is 2. The molecule has 0 aliphatic rings. The molecule has 0 aliphatic carbocycles. The van der Waals surface area contributed by atoms with Crippen molar-refractivity contribution < 1.29 is 22.8 Å². The molecule has 2 amide bonds. The number of alkyl halides is 3. The summed E-state index contributed by atoms with van der Waals surface area (Å²) in [5.41, 5.74) is 0.555. The fourth-order valence-electron chi connectivity index (χ4n) is 1.86. The van der Waals surface area contributed by atoms with Gasteiger partial charge in [0, 0.05) is 0 Å². The smallest absolute Gasteiger partial charge is 0.343 e. The van der Waals surface area contributed by atoms with E-state index in [1.807, 2.05) is 6.92 Å². The molecule has 2 N–H and O–H groups in total. The Morgan fingerprint density at radius 2 is 1.92 bits per heavy atom. The van der Waals surface area contributed by atoms with Crippen molar-refractivity contribution in [3.05, 3.63) is 40.4 Å². The molecular weight excluding hydrogens is 345 g/mol. The molecule has 0 aliphatic heterocycles. The highest BCUT2D eigenvalue weighted by molar-refractivity contribution is 7.08. The number of hydrogen-bond donors (Lipinski definition) is 2. The molecule has 6 nitrogen and oxygen atoms in total. The molecule has 2 aromatic rings. The summed E-state index contributed by atoms with van der Waals surface area (Å²) in [6, 6.07) is 5.80. The highest BCUT2D eigenvalue weighted by Gasteiger charge is 2.28. The lowest BCUT2D eigenvalue weighted by Crippen LogP contribution is -2.34. The maximum Gasteiger partial charge on any atom is 0.405 e. The Bertz CT molecular complexity index is 746. The highest BCUT2D eigenvalue weighted by Crippen LogP contribution is 2.19. The van der Waals surface area contributed by atoms with Gasteiger partial charge in [-0.25, -0.2) is 0 Å². The fourth-order valence-corrected chi connectivity index (χ4v) is 2.50. The summed E-state index contributed by atoms with van der Waals surface area (Å²) in [5.74, 6) is -1.45. The van der Waals surface area contributed by atoms with E-state index in [1.54, 1.807) is 11.4 Å². The van der Waals surface area contributed by atoms with Gasteiger partial charge in [0.15, 0.2) is 0 Å². The van der Waals surface area contributed by atoms with Crippen molar-refractivity contribution >= 4 is 29.0 Å². The van der Waals surface area contributed by atoms with Crippen molar-refractivity contribution in [1.82, 2.24) is 14.9 Å². The molecule has 0 atom stereocenters. The normalized spacial score (nSPS) is 11.2. The van der Waals surface area contributed by atoms with Gasteiger partial charge in [0.25, 0.3) is 11.8 Å². The van der Waals surface area contributed by atoms with Gasteiger partial charge in [-0.2, -0.15) is 13.2 Å². The molecule has 128 valence electrons. The molecular formula is C14H13F3N4O2S. The molecule has 0 fully saturated rings. The minimum absolute atomic E-state index is 0.0642. The van der Waals surface area contributed by atoms with Crippen LogP contribution >= 0.6 is 11.5 Å². The largest absolute Gasteiger partial charge is 0.405 e. The fraction of sp³-hybridized carbons (Fsp3) is 0.286. The second kappa shape index (κ2) is 7.39. The van der Waals surface area contributed by atoms with Crippen LogP contribution < -0.4 is 10.6 Å². The topological polar surface area (TPSA) is 84.0 Å². The van der Waals surface area contributed by atoms with Crippen LogP contribution in [0.5, 0.6) is 0 Å². The Balaban J connectivity index is 2.17. The average molecular weight is 358 g/mol. The van der Waals surface area contributed by atoms with Gasteiger partial charge in [-0.05, 0) is 30.1 Å². The van der Waals surface area contributed by atoms with Crippen LogP contribution in [0.3, 0.4) is 0 Å². The Hall–Kier alpha value is -2.49. The number of benzene rings is 1. The average Bonchev–Trinajstić information content (AvgIpc) is 3.01. The second-order valence-electron chi connectivity index (χ2n) is 4.70. The number of carbonyl (C=O) groups is 2. The number of nitrogens with one attached hydrogen (secondary N) is 2. The van der Waals surface area contributed by atoms with Gasteiger partial charge in [-0.3, -0.25) is 9.59 Å². The van der Waals surface area contributed by atoms with Gasteiger partial charge in [0.05, 0.1) is 16.9 Å². The summed E-state index contributed by atoms with van der Waals surface area (Å²) in [6.07, 6.45) is -4.01. The molecule has 0 saturated heterocycles. The van der Waals surface area contributed by atoms with Crippen LogP contribution in [0.2, 0.25) is 0 Å². The first-order chi connectivity index (χ1) is 11.3. The van der Waals surface area contributed by atoms with Crippen LogP contribution in [0.4, 0.5) is 18.9 Å². The van der Waals surface area contributed by atoms with Gasteiger partial charge in [-0.1, -0.05) is 23.5 Å². The maximum atomic E-state index is 12.3. The lowest BCUT2D eigenvalue weighted by molar-refractivity contribution is -0.123. The first kappa shape index (κ1) is 17.9. The van der Waals surface area contributed by atoms with E-state index in [4.69, 9.17) is 0 Å². The van der Waals surface area contributed by atoms with Crippen molar-refractivity contribution in [2.24, 2.45) is 0 Å². The number of aryl methyl sites for hydroxylation is 1. The highest BCUT2D eigenvalue weighted by atomic mass is 32.1. The Morgan fingerprint density at radius 3 is 2.58 bits per heavy atom. The zero-order valence-electron chi connectivity index (χ0n) is 12.5. The predicted molar refractivity (Wildman–Crippen MR) is 82.1 cm³/mol. The quantitative estimate of drug-likeness (QED) is 0.861. The van der Waals surface area contributed by atoms with E-state index in [0.29, 0.717) is 17.0 Å². The van der Waals surface area contributed by atoms with Crippen LogP contribution in [0.15, 0.2) is 24.3 Å². The van der Waals surface area contributed by atoms with Gasteiger partial charge in [-0.15, -0.1) is 5.10 Å². The molecule has 10 heteroatoms. The Morgan fingerprint density at radius 1 is 1.21 bits per heavy atom. The SMILES string of the molecule is CCc1nnsc1C(=O)Nc1ccccc1C(=O)NCC(F)(F)F. The Labute approximate surface area is 139 Å². The minimum atomic E-state index is -4.52. The van der Waals surface area contributed by atoms with E-state index in [1.165, 1.54) is 18.2 Å². The number of anilines is 1. The number of carbonyl (C=O) groups excluding carboxylic acids is 2. The summed E-state index contributed by atoms with van der Waals surface area (Å²) in [7, 11) is 0. The van der Waals surface area contributed by atoms with Gasteiger partial charge >= 0.3 is 6.18 Å². The minimum Gasteiger partial charge on any atom is -0.343 e. The summed E-state index contributed by atoms with van der Waals surface area (Å²) in [5, 5.41) is 8.10. The Kier molecular flexibility index (Phi) is 5.50. The number of para-hydroxylation sites is 1. The molecule has 1 heterocycles. The molecule has 0 radical (unpaired) electrons. The van der Waals surface area contributed by atoms with E-state index in [0.717, 1.165) is 11.5 Å². The number of nitrogens with zero attached hydrogens (tertiary/aromatic N) is 2. The van der Waals surface area contributed by atoms with E-state index in [-0.39, 0.29) is 11.3 Å². The van der Waals surface area contributed by atoms with Crippen LogP contribution in [-0.2, 0) is 6.42 Å². The number of amides is 2. The van der Waals surface area contributed by atoms with E-state index in [9.17, 15) is 22.8 Å². The zero-order chi connectivity index (χ0) is 17.7. The van der Waals surface area contributed by atoms with Crippen LogP contribution in [0, 0.1) is 0 Å². The summed E-state index contributed by atoms with van der Waals surface area (Å²) < 4.78 is 40.3. The molecule has 1 aromatic heterocycles. The van der Waals surface area contributed by atoms with Crippen molar-refractivity contribution in [1.29, 1.82) is 0 Å². The number of hydrogen-bond acceptors (Lipinski definition) is 5. The van der Waals surface area contributed by atoms with E-state index < -0.39 is 24.5 Å². The lowest BCUT2D eigenvalue weighted by Gasteiger charge is -2.12. The van der Waals surface area contributed by atoms with Crippen LogP contribution in [0.25, 0.3) is 0 Å². The van der Waals surface area contributed by atoms with Gasteiger partial charge in [0.1, 0.15) is 11.4 Å². The van der Waals surface area contributed by atoms with Crippen LogP contribution in [-0.4, -0.2) is 34.1 Å². The third kappa shape index (κ3) is 4.51. The maximum absolute atomic E-state index is 12.3. The standard InChI is InChI=1S/C14H13F3N4O2S/c1-2-9-11(24-21-20-9)13(23)19-10-6-4-3-5-8(10)12(22)18-7-14(15,16)17/h3-6H,2,7H2,1H3,(H,18,22)(H,19,23). The third-order valence-electron chi connectivity index (χ3n) is 2.97. The molecule has 2 rings (SSSR count). The summed E-state index contributed by atoms with van der Waals surface area (Å²) in [4.78, 5) is 24.5. The number of halogens is 3. The monoisotopic (exact) mass is 358 g/mol. The lowest BCUT2D eigenvalue weighted by atomic mass is 10.1. The zero-order valence-corrected chi connectivity index (χ0v) is 13.3. The second-order valence-corrected chi connectivity index (χ2v) is 5.45. The van der Waals surface area contributed by atoms with Gasteiger partial charge in [0.2, 0.25) is 0 Å². The first-order valence-electron chi connectivity index (χ1n) is 6.88. The van der Waals surface area contributed by atoms with Crippen molar-refractivity contribution in [3.8, 4) is 0 Å². The predicted octanol–water partition coefficient (Wildman–Crippen LogP) is 2.64. The van der Waals surface area contributed by atoms with Crippen molar-refractivity contribution in [2.45, 2.75) is 19.5 Å². The molecule has 0 saturated carbocycles. The summed E-state index contributed by atoms with van der Waals surface area (Å²) >= 11 is 0.907. The first-order valence-corrected chi connectivity index (χ1v) is 7.65. The van der Waals surface area contributed by atoms with Gasteiger partial charge < -0.3 is 10.6 Å². The molecule has 24 heavy (non-hydrogen) atoms. The molecule has 0 bridgehead atoms. The van der Waals surface area contributed by atoms with Crippen LogP contribution in [0.1, 0.15) is 32.6 Å². The third-order valence-corrected chi connectivity index (χ3v) is 3.73. The van der Waals surface area contributed by atoms with E-state index >= 15 is 0 Å². The van der Waals surface area contributed by atoms with Crippen molar-refractivity contribution in [3.63, 3.8) is 0 Å². The summed E-state index contributed by atoms with van der Waals surface area (Å²) in [6.45, 7) is 0.360. The van der Waals surface area contributed by atoms with E-state index in [2.05, 4.69) is 14.9 Å². The molecule has 1 aromatic carbocycles.